The summed E-state index contributed by atoms with van der Waals surface area (Å²) in [5, 5.41) is 17.0. The smallest absolute Gasteiger partial charge is 0.0722 e. The molecule has 0 saturated carbocycles. The second-order valence-corrected chi connectivity index (χ2v) is 5.97. The summed E-state index contributed by atoms with van der Waals surface area (Å²) >= 11 is 0. The Morgan fingerprint density at radius 3 is 2.68 bits per heavy atom. The van der Waals surface area contributed by atoms with Crippen molar-refractivity contribution in [2.45, 2.75) is 45.2 Å². The molecule has 0 amide bonds. The number of aliphatic hydroxyl groups excluding tert-OH is 1. The van der Waals surface area contributed by atoms with Crippen LogP contribution in [0.3, 0.4) is 0 Å². The van der Waals surface area contributed by atoms with Crippen molar-refractivity contribution in [3.05, 3.63) is 17.5 Å². The number of ether oxygens (including phenoxy) is 1. The van der Waals surface area contributed by atoms with Crippen LogP contribution in [0.5, 0.6) is 0 Å². The molecule has 1 heterocycles. The molecular formula is C14H27N3O2. The Balaban J connectivity index is 2.71. The van der Waals surface area contributed by atoms with Gasteiger partial charge in [-0.05, 0) is 6.42 Å². The molecule has 0 bridgehead atoms. The monoisotopic (exact) mass is 269 g/mol. The van der Waals surface area contributed by atoms with Gasteiger partial charge in [0.15, 0.2) is 0 Å². The molecule has 19 heavy (non-hydrogen) atoms. The predicted molar refractivity (Wildman–Crippen MR) is 76.1 cm³/mol. The third-order valence-electron chi connectivity index (χ3n) is 3.04. The van der Waals surface area contributed by atoms with Crippen molar-refractivity contribution in [3.63, 3.8) is 0 Å². The van der Waals surface area contributed by atoms with Gasteiger partial charge in [0.2, 0.25) is 0 Å². The first-order chi connectivity index (χ1) is 8.88. The fourth-order valence-corrected chi connectivity index (χ4v) is 2.15. The van der Waals surface area contributed by atoms with E-state index >= 15 is 0 Å². The van der Waals surface area contributed by atoms with E-state index in [1.54, 1.807) is 7.11 Å². The van der Waals surface area contributed by atoms with E-state index in [9.17, 15) is 0 Å². The Morgan fingerprint density at radius 2 is 2.16 bits per heavy atom. The van der Waals surface area contributed by atoms with Crippen molar-refractivity contribution in [2.24, 2.45) is 7.05 Å². The molecule has 1 unspecified atom stereocenters. The molecule has 0 aromatic carbocycles. The van der Waals surface area contributed by atoms with Gasteiger partial charge in [0.25, 0.3) is 0 Å². The van der Waals surface area contributed by atoms with Crippen molar-refractivity contribution in [1.29, 1.82) is 0 Å². The third-order valence-corrected chi connectivity index (χ3v) is 3.04. The molecule has 1 rings (SSSR count). The largest absolute Gasteiger partial charge is 0.396 e. The fourth-order valence-electron chi connectivity index (χ4n) is 2.15. The van der Waals surface area contributed by atoms with Crippen LogP contribution in [0.4, 0.5) is 0 Å². The summed E-state index contributed by atoms with van der Waals surface area (Å²) in [4.78, 5) is 0. The van der Waals surface area contributed by atoms with Crippen molar-refractivity contribution in [2.75, 3.05) is 20.3 Å². The molecule has 5 heteroatoms. The summed E-state index contributed by atoms with van der Waals surface area (Å²) in [6.07, 6.45) is 2.75. The van der Waals surface area contributed by atoms with E-state index in [1.807, 2.05) is 11.7 Å². The molecule has 1 aromatic heterocycles. The van der Waals surface area contributed by atoms with Crippen LogP contribution in [0.1, 0.15) is 38.4 Å². The lowest BCUT2D eigenvalue weighted by Crippen LogP contribution is -2.34. The van der Waals surface area contributed by atoms with Gasteiger partial charge in [-0.25, -0.2) is 0 Å². The minimum absolute atomic E-state index is 0.0337. The number of hydrogen-bond acceptors (Lipinski definition) is 4. The van der Waals surface area contributed by atoms with Gasteiger partial charge in [0.05, 0.1) is 12.3 Å². The third kappa shape index (κ3) is 4.93. The lowest BCUT2D eigenvalue weighted by atomic mass is 9.89. The number of nitrogens with one attached hydrogen (secondary N) is 1. The van der Waals surface area contributed by atoms with E-state index < -0.39 is 0 Å². The fraction of sp³-hybridized carbons (Fsp3) is 0.786. The second kappa shape index (κ2) is 7.03. The summed E-state index contributed by atoms with van der Waals surface area (Å²) < 4.78 is 7.01. The van der Waals surface area contributed by atoms with Gasteiger partial charge in [-0.3, -0.25) is 4.68 Å². The quantitative estimate of drug-likeness (QED) is 0.781. The van der Waals surface area contributed by atoms with E-state index in [-0.39, 0.29) is 18.1 Å². The van der Waals surface area contributed by atoms with Gasteiger partial charge < -0.3 is 15.2 Å². The summed E-state index contributed by atoms with van der Waals surface area (Å²) in [6, 6.07) is 0.169. The summed E-state index contributed by atoms with van der Waals surface area (Å²) in [6.45, 7) is 8.01. The van der Waals surface area contributed by atoms with E-state index in [4.69, 9.17) is 9.84 Å². The Kier molecular flexibility index (Phi) is 5.97. The minimum atomic E-state index is 0.0337. The molecule has 0 saturated heterocycles. The number of methoxy groups -OCH3 is 1. The topological polar surface area (TPSA) is 59.3 Å². The number of aryl methyl sites for hydroxylation is 1. The van der Waals surface area contributed by atoms with E-state index in [0.29, 0.717) is 13.0 Å². The standard InChI is InChI=1S/C14H27N3O2/c1-14(2,3)13-11(9-17(4)16-13)8-15-12(6-7-18)10-19-5/h9,12,15,18H,6-8,10H2,1-5H3. The Hall–Kier alpha value is -0.910. The van der Waals surface area contributed by atoms with Crippen LogP contribution in [0, 0.1) is 0 Å². The first-order valence-electron chi connectivity index (χ1n) is 6.74. The van der Waals surface area contributed by atoms with Crippen LogP contribution < -0.4 is 5.32 Å². The summed E-state index contributed by atoms with van der Waals surface area (Å²) in [5.74, 6) is 0. The maximum absolute atomic E-state index is 9.04. The van der Waals surface area contributed by atoms with Crippen molar-refractivity contribution < 1.29 is 9.84 Å². The lowest BCUT2D eigenvalue weighted by molar-refractivity contribution is 0.148. The van der Waals surface area contributed by atoms with E-state index in [2.05, 4.69) is 37.4 Å². The molecule has 0 aliphatic rings. The highest BCUT2D eigenvalue weighted by Crippen LogP contribution is 2.24. The van der Waals surface area contributed by atoms with Crippen molar-refractivity contribution >= 4 is 0 Å². The normalized spacial score (nSPS) is 13.8. The minimum Gasteiger partial charge on any atom is -0.396 e. The number of hydrogen-bond donors (Lipinski definition) is 2. The average molecular weight is 269 g/mol. The zero-order chi connectivity index (χ0) is 14.5. The number of nitrogens with zero attached hydrogens (tertiary/aromatic N) is 2. The SMILES string of the molecule is COCC(CCO)NCc1cn(C)nc1C(C)(C)C. The molecule has 110 valence electrons. The molecule has 0 fully saturated rings. The Bertz CT molecular complexity index is 377. The molecule has 2 N–H and O–H groups in total. The van der Waals surface area contributed by atoms with Gasteiger partial charge in [-0.1, -0.05) is 20.8 Å². The number of aromatic nitrogens is 2. The molecule has 0 aliphatic carbocycles. The van der Waals surface area contributed by atoms with Gasteiger partial charge in [0, 0.05) is 50.5 Å². The lowest BCUT2D eigenvalue weighted by Gasteiger charge is -2.20. The molecule has 1 atom stereocenters. The maximum Gasteiger partial charge on any atom is 0.0722 e. The number of rotatable bonds is 7. The van der Waals surface area contributed by atoms with Gasteiger partial charge in [0.1, 0.15) is 0 Å². The Labute approximate surface area is 116 Å². The van der Waals surface area contributed by atoms with Gasteiger partial charge >= 0.3 is 0 Å². The number of aliphatic hydroxyl groups is 1. The highest BCUT2D eigenvalue weighted by molar-refractivity contribution is 5.23. The van der Waals surface area contributed by atoms with Crippen LogP contribution in [0.25, 0.3) is 0 Å². The average Bonchev–Trinajstić information content (AvgIpc) is 2.68. The Morgan fingerprint density at radius 1 is 1.47 bits per heavy atom. The molecule has 5 nitrogen and oxygen atoms in total. The maximum atomic E-state index is 9.04. The van der Waals surface area contributed by atoms with Crippen LogP contribution in [0.2, 0.25) is 0 Å². The van der Waals surface area contributed by atoms with Crippen LogP contribution in [-0.2, 0) is 23.7 Å². The molecule has 0 spiro atoms. The first-order valence-corrected chi connectivity index (χ1v) is 6.74. The highest BCUT2D eigenvalue weighted by atomic mass is 16.5. The van der Waals surface area contributed by atoms with Crippen molar-refractivity contribution in [1.82, 2.24) is 15.1 Å². The highest BCUT2D eigenvalue weighted by Gasteiger charge is 2.22. The zero-order valence-corrected chi connectivity index (χ0v) is 12.7. The van der Waals surface area contributed by atoms with E-state index in [0.717, 1.165) is 12.2 Å². The molecule has 0 aliphatic heterocycles. The second-order valence-electron chi connectivity index (χ2n) is 5.97. The first kappa shape index (κ1) is 16.1. The van der Waals surface area contributed by atoms with Crippen molar-refractivity contribution in [3.8, 4) is 0 Å². The molecular weight excluding hydrogens is 242 g/mol. The summed E-state index contributed by atoms with van der Waals surface area (Å²) in [7, 11) is 3.62. The van der Waals surface area contributed by atoms with Crippen LogP contribution in [-0.4, -0.2) is 41.3 Å². The van der Waals surface area contributed by atoms with Gasteiger partial charge in [-0.15, -0.1) is 0 Å². The summed E-state index contributed by atoms with van der Waals surface area (Å²) in [5.41, 5.74) is 2.35. The van der Waals surface area contributed by atoms with E-state index in [1.165, 1.54) is 5.56 Å². The molecule has 1 aromatic rings. The van der Waals surface area contributed by atoms with Crippen LogP contribution >= 0.6 is 0 Å². The van der Waals surface area contributed by atoms with Gasteiger partial charge in [-0.2, -0.15) is 5.10 Å². The predicted octanol–water partition coefficient (Wildman–Crippen LogP) is 1.20. The van der Waals surface area contributed by atoms with Crippen LogP contribution in [0.15, 0.2) is 6.20 Å². The molecule has 0 radical (unpaired) electrons. The zero-order valence-electron chi connectivity index (χ0n) is 12.7.